The first kappa shape index (κ1) is 11.8. The van der Waals surface area contributed by atoms with E-state index >= 15 is 0 Å². The maximum atomic E-state index is 6.06. The summed E-state index contributed by atoms with van der Waals surface area (Å²) in [4.78, 5) is 0. The van der Waals surface area contributed by atoms with Crippen LogP contribution in [0.25, 0.3) is 11.0 Å². The van der Waals surface area contributed by atoms with Gasteiger partial charge in [0.2, 0.25) is 0 Å². The Bertz CT molecular complexity index is 468. The van der Waals surface area contributed by atoms with Gasteiger partial charge in [0.1, 0.15) is 5.76 Å². The lowest BCUT2D eigenvalue weighted by atomic mass is 10.1. The van der Waals surface area contributed by atoms with Gasteiger partial charge in [-0.2, -0.15) is 0 Å². The van der Waals surface area contributed by atoms with Gasteiger partial charge in [-0.3, -0.25) is 0 Å². The molecular formula is C12H13Cl2NO. The second kappa shape index (κ2) is 4.66. The predicted octanol–water partition coefficient (Wildman–Crippen LogP) is 4.54. The normalized spacial score (nSPS) is 13.2. The van der Waals surface area contributed by atoms with Crippen molar-refractivity contribution in [1.82, 2.24) is 0 Å². The molecule has 0 bridgehead atoms. The van der Waals surface area contributed by atoms with E-state index in [1.165, 1.54) is 0 Å². The second-order valence-electron chi connectivity index (χ2n) is 3.82. The summed E-state index contributed by atoms with van der Waals surface area (Å²) >= 11 is 12.1. The number of furan rings is 1. The average molecular weight is 258 g/mol. The maximum absolute atomic E-state index is 6.06. The van der Waals surface area contributed by atoms with Crippen molar-refractivity contribution in [2.24, 2.45) is 5.73 Å². The van der Waals surface area contributed by atoms with Gasteiger partial charge in [0.05, 0.1) is 16.1 Å². The van der Waals surface area contributed by atoms with E-state index in [1.54, 1.807) is 12.1 Å². The molecule has 2 N–H and O–H groups in total. The summed E-state index contributed by atoms with van der Waals surface area (Å²) in [6.07, 6.45) is 1.90. The predicted molar refractivity (Wildman–Crippen MR) is 68.1 cm³/mol. The molecule has 1 atom stereocenters. The van der Waals surface area contributed by atoms with Crippen molar-refractivity contribution in [1.29, 1.82) is 0 Å². The molecule has 4 heteroatoms. The summed E-state index contributed by atoms with van der Waals surface area (Å²) in [6, 6.07) is 5.27. The number of benzene rings is 1. The molecule has 1 aromatic carbocycles. The summed E-state index contributed by atoms with van der Waals surface area (Å²) in [7, 11) is 0. The zero-order valence-corrected chi connectivity index (χ0v) is 10.5. The molecule has 0 amide bonds. The molecule has 2 aromatic rings. The van der Waals surface area contributed by atoms with Gasteiger partial charge in [-0.15, -0.1) is 0 Å². The molecule has 2 rings (SSSR count). The van der Waals surface area contributed by atoms with Gasteiger partial charge in [0, 0.05) is 5.39 Å². The van der Waals surface area contributed by atoms with Gasteiger partial charge in [0.15, 0.2) is 5.58 Å². The smallest absolute Gasteiger partial charge is 0.154 e. The van der Waals surface area contributed by atoms with Crippen LogP contribution in [0.5, 0.6) is 0 Å². The van der Waals surface area contributed by atoms with E-state index in [9.17, 15) is 0 Å². The molecule has 1 heterocycles. The van der Waals surface area contributed by atoms with E-state index in [4.69, 9.17) is 33.4 Å². The minimum absolute atomic E-state index is 0.0930. The van der Waals surface area contributed by atoms with E-state index in [-0.39, 0.29) is 6.04 Å². The first-order chi connectivity index (χ1) is 7.63. The van der Waals surface area contributed by atoms with Gasteiger partial charge in [0.25, 0.3) is 0 Å². The lowest BCUT2D eigenvalue weighted by molar-refractivity contribution is 0.475. The van der Waals surface area contributed by atoms with E-state index in [0.717, 1.165) is 24.0 Å². The van der Waals surface area contributed by atoms with Crippen LogP contribution in [0.4, 0.5) is 0 Å². The molecule has 0 aliphatic heterocycles. The molecule has 0 unspecified atom stereocenters. The van der Waals surface area contributed by atoms with Crippen LogP contribution in [0, 0.1) is 0 Å². The van der Waals surface area contributed by atoms with Crippen LogP contribution in [0.3, 0.4) is 0 Å². The molecular weight excluding hydrogens is 245 g/mol. The van der Waals surface area contributed by atoms with Crippen LogP contribution in [0.2, 0.25) is 10.0 Å². The number of hydrogen-bond acceptors (Lipinski definition) is 2. The van der Waals surface area contributed by atoms with Crippen LogP contribution in [0.15, 0.2) is 22.6 Å². The minimum Gasteiger partial charge on any atom is -0.458 e. The fourth-order valence-electron chi connectivity index (χ4n) is 1.71. The highest BCUT2D eigenvalue weighted by Gasteiger charge is 2.14. The monoisotopic (exact) mass is 257 g/mol. The highest BCUT2D eigenvalue weighted by molar-refractivity contribution is 6.39. The maximum Gasteiger partial charge on any atom is 0.154 e. The first-order valence-electron chi connectivity index (χ1n) is 5.26. The van der Waals surface area contributed by atoms with Gasteiger partial charge >= 0.3 is 0 Å². The largest absolute Gasteiger partial charge is 0.458 e. The van der Waals surface area contributed by atoms with Crippen molar-refractivity contribution < 1.29 is 4.42 Å². The molecule has 0 aliphatic carbocycles. The van der Waals surface area contributed by atoms with Crippen molar-refractivity contribution in [3.05, 3.63) is 34.0 Å². The Morgan fingerprint density at radius 2 is 2.00 bits per heavy atom. The molecule has 1 aromatic heterocycles. The van der Waals surface area contributed by atoms with Gasteiger partial charge in [-0.25, -0.2) is 0 Å². The summed E-state index contributed by atoms with van der Waals surface area (Å²) in [5, 5.41) is 2.03. The second-order valence-corrected chi connectivity index (χ2v) is 4.63. The van der Waals surface area contributed by atoms with Crippen molar-refractivity contribution >= 4 is 34.2 Å². The lowest BCUT2D eigenvalue weighted by Crippen LogP contribution is -2.08. The van der Waals surface area contributed by atoms with E-state index in [0.29, 0.717) is 15.6 Å². The van der Waals surface area contributed by atoms with Crippen LogP contribution >= 0.6 is 23.2 Å². The molecule has 0 saturated heterocycles. The van der Waals surface area contributed by atoms with Crippen LogP contribution in [0.1, 0.15) is 31.6 Å². The molecule has 0 saturated carbocycles. The summed E-state index contributed by atoms with van der Waals surface area (Å²) < 4.78 is 5.65. The zero-order valence-electron chi connectivity index (χ0n) is 8.97. The Morgan fingerprint density at radius 3 is 2.62 bits per heavy atom. The minimum atomic E-state index is -0.0930. The van der Waals surface area contributed by atoms with Crippen LogP contribution in [-0.4, -0.2) is 0 Å². The van der Waals surface area contributed by atoms with Crippen LogP contribution in [-0.2, 0) is 0 Å². The van der Waals surface area contributed by atoms with Crippen molar-refractivity contribution in [2.75, 3.05) is 0 Å². The Hall–Kier alpha value is -0.700. The Kier molecular flexibility index (Phi) is 3.43. The molecule has 0 aliphatic rings. The van der Waals surface area contributed by atoms with Crippen molar-refractivity contribution in [2.45, 2.75) is 25.8 Å². The molecule has 2 nitrogen and oxygen atoms in total. The van der Waals surface area contributed by atoms with Crippen molar-refractivity contribution in [3.63, 3.8) is 0 Å². The number of rotatable bonds is 3. The average Bonchev–Trinajstić information content (AvgIpc) is 2.70. The SMILES string of the molecule is CCC[C@H](N)c1cc2c(Cl)ccc(Cl)c2o1. The van der Waals surface area contributed by atoms with E-state index in [1.807, 2.05) is 6.07 Å². The Labute approximate surface area is 104 Å². The topological polar surface area (TPSA) is 39.2 Å². The number of halogens is 2. The summed E-state index contributed by atoms with van der Waals surface area (Å²) in [6.45, 7) is 2.09. The van der Waals surface area contributed by atoms with Gasteiger partial charge < -0.3 is 10.2 Å². The third-order valence-electron chi connectivity index (χ3n) is 2.57. The zero-order chi connectivity index (χ0) is 11.7. The highest BCUT2D eigenvalue weighted by Crippen LogP contribution is 2.34. The molecule has 16 heavy (non-hydrogen) atoms. The summed E-state index contributed by atoms with van der Waals surface area (Å²) in [5.41, 5.74) is 6.61. The van der Waals surface area contributed by atoms with Crippen molar-refractivity contribution in [3.8, 4) is 0 Å². The van der Waals surface area contributed by atoms with Gasteiger partial charge in [-0.05, 0) is 24.6 Å². The molecule has 86 valence electrons. The third-order valence-corrected chi connectivity index (χ3v) is 3.19. The third kappa shape index (κ3) is 2.05. The highest BCUT2D eigenvalue weighted by atomic mass is 35.5. The summed E-state index contributed by atoms with van der Waals surface area (Å²) in [5.74, 6) is 0.742. The fourth-order valence-corrected chi connectivity index (χ4v) is 2.12. The fraction of sp³-hybridized carbons (Fsp3) is 0.333. The van der Waals surface area contributed by atoms with E-state index < -0.39 is 0 Å². The Morgan fingerprint density at radius 1 is 1.31 bits per heavy atom. The number of hydrogen-bond donors (Lipinski definition) is 1. The standard InChI is InChI=1S/C12H13Cl2NO/c1-2-3-10(15)11-6-7-8(13)4-5-9(14)12(7)16-11/h4-6,10H,2-3,15H2,1H3/t10-/m0/s1. The number of fused-ring (bicyclic) bond motifs is 1. The van der Waals surface area contributed by atoms with E-state index in [2.05, 4.69) is 6.92 Å². The molecule has 0 fully saturated rings. The number of nitrogens with two attached hydrogens (primary N) is 1. The Balaban J connectivity index is 2.51. The molecule has 0 spiro atoms. The lowest BCUT2D eigenvalue weighted by Gasteiger charge is -2.04. The molecule has 0 radical (unpaired) electrons. The quantitative estimate of drug-likeness (QED) is 0.877. The first-order valence-corrected chi connectivity index (χ1v) is 6.02. The van der Waals surface area contributed by atoms with Gasteiger partial charge in [-0.1, -0.05) is 36.5 Å². The van der Waals surface area contributed by atoms with Crippen LogP contribution < -0.4 is 5.73 Å².